The van der Waals surface area contributed by atoms with Crippen molar-refractivity contribution in [1.82, 2.24) is 0 Å². The largest absolute Gasteiger partial charge is 0.377 e. The molecule has 4 nitrogen and oxygen atoms in total. The molecule has 100 valence electrons. The molecule has 16 heavy (non-hydrogen) atoms. The van der Waals surface area contributed by atoms with Crippen molar-refractivity contribution in [3.63, 3.8) is 0 Å². The SMILES string of the molecule is C[C@@H]1C[C@H](N)CO1.C[C@H]1C[C@@H](N)CO1.Cl.Cl. The van der Waals surface area contributed by atoms with Crippen LogP contribution in [-0.2, 0) is 9.47 Å². The van der Waals surface area contributed by atoms with E-state index in [1.54, 1.807) is 0 Å². The Bertz CT molecular complexity index is 141. The minimum atomic E-state index is 0. The maximum atomic E-state index is 5.50. The molecule has 0 radical (unpaired) electrons. The Morgan fingerprint density at radius 1 is 0.812 bits per heavy atom. The average molecular weight is 275 g/mol. The van der Waals surface area contributed by atoms with Crippen LogP contribution < -0.4 is 11.5 Å². The van der Waals surface area contributed by atoms with E-state index < -0.39 is 0 Å². The van der Waals surface area contributed by atoms with E-state index in [1.807, 2.05) is 13.8 Å². The first-order valence-electron chi connectivity index (χ1n) is 5.32. The Morgan fingerprint density at radius 2 is 1.12 bits per heavy atom. The Morgan fingerprint density at radius 3 is 1.19 bits per heavy atom. The van der Waals surface area contributed by atoms with Crippen molar-refractivity contribution in [2.75, 3.05) is 13.2 Å². The first kappa shape index (κ1) is 18.8. The highest BCUT2D eigenvalue weighted by atomic mass is 35.5. The van der Waals surface area contributed by atoms with Crippen molar-refractivity contribution < 1.29 is 9.47 Å². The molecule has 2 fully saturated rings. The van der Waals surface area contributed by atoms with Crippen molar-refractivity contribution in [2.24, 2.45) is 11.5 Å². The molecule has 2 saturated heterocycles. The fourth-order valence-corrected chi connectivity index (χ4v) is 1.70. The molecule has 6 heteroatoms. The van der Waals surface area contributed by atoms with Crippen molar-refractivity contribution in [2.45, 2.75) is 51.0 Å². The quantitative estimate of drug-likeness (QED) is 0.694. The minimum Gasteiger partial charge on any atom is -0.377 e. The molecule has 2 rings (SSSR count). The predicted octanol–water partition coefficient (Wildman–Crippen LogP) is 1.09. The van der Waals surface area contributed by atoms with Gasteiger partial charge in [0.15, 0.2) is 0 Å². The topological polar surface area (TPSA) is 70.5 Å². The Kier molecular flexibility index (Phi) is 11.1. The number of hydrogen-bond donors (Lipinski definition) is 2. The summed E-state index contributed by atoms with van der Waals surface area (Å²) in [5.74, 6) is 0. The number of hydrogen-bond acceptors (Lipinski definition) is 4. The highest BCUT2D eigenvalue weighted by Gasteiger charge is 2.17. The third-order valence-electron chi connectivity index (χ3n) is 2.46. The van der Waals surface area contributed by atoms with E-state index >= 15 is 0 Å². The van der Waals surface area contributed by atoms with Gasteiger partial charge >= 0.3 is 0 Å². The van der Waals surface area contributed by atoms with Gasteiger partial charge in [0, 0.05) is 12.1 Å². The molecule has 0 saturated carbocycles. The lowest BCUT2D eigenvalue weighted by Gasteiger charge is -1.94. The summed E-state index contributed by atoms with van der Waals surface area (Å²) in [4.78, 5) is 0. The van der Waals surface area contributed by atoms with E-state index in [1.165, 1.54) is 0 Å². The molecule has 2 heterocycles. The Hall–Kier alpha value is 0.420. The molecule has 4 N–H and O–H groups in total. The maximum Gasteiger partial charge on any atom is 0.0622 e. The van der Waals surface area contributed by atoms with E-state index in [-0.39, 0.29) is 24.8 Å². The van der Waals surface area contributed by atoms with Crippen LogP contribution in [0.1, 0.15) is 26.7 Å². The van der Waals surface area contributed by atoms with E-state index in [0.29, 0.717) is 24.3 Å². The lowest BCUT2D eigenvalue weighted by atomic mass is 10.2. The molecular weight excluding hydrogens is 251 g/mol. The Balaban J connectivity index is 0. The highest BCUT2D eigenvalue weighted by molar-refractivity contribution is 5.85. The smallest absolute Gasteiger partial charge is 0.0622 e. The molecule has 0 aromatic carbocycles. The third kappa shape index (κ3) is 7.65. The monoisotopic (exact) mass is 274 g/mol. The van der Waals surface area contributed by atoms with Crippen LogP contribution in [-0.4, -0.2) is 37.5 Å². The molecule has 0 unspecified atom stereocenters. The fourth-order valence-electron chi connectivity index (χ4n) is 1.70. The van der Waals surface area contributed by atoms with E-state index in [9.17, 15) is 0 Å². The van der Waals surface area contributed by atoms with Gasteiger partial charge in [0.25, 0.3) is 0 Å². The second-order valence-corrected chi connectivity index (χ2v) is 4.28. The molecule has 2 aliphatic rings. The van der Waals surface area contributed by atoms with Gasteiger partial charge in [0.2, 0.25) is 0 Å². The summed E-state index contributed by atoms with van der Waals surface area (Å²) in [6, 6.07) is 0.602. The van der Waals surface area contributed by atoms with Crippen LogP contribution in [0.4, 0.5) is 0 Å². The summed E-state index contributed by atoms with van der Waals surface area (Å²) in [6.07, 6.45) is 2.85. The van der Waals surface area contributed by atoms with Gasteiger partial charge in [-0.15, -0.1) is 24.8 Å². The van der Waals surface area contributed by atoms with Gasteiger partial charge in [0.1, 0.15) is 0 Å². The zero-order valence-corrected chi connectivity index (χ0v) is 11.6. The fraction of sp³-hybridized carbons (Fsp3) is 1.00. The van der Waals surface area contributed by atoms with E-state index in [0.717, 1.165) is 26.1 Å². The normalized spacial score (nSPS) is 36.8. The first-order valence-corrected chi connectivity index (χ1v) is 5.32. The highest BCUT2D eigenvalue weighted by Crippen LogP contribution is 2.09. The molecular formula is C10H24Cl2N2O2. The third-order valence-corrected chi connectivity index (χ3v) is 2.46. The van der Waals surface area contributed by atoms with Gasteiger partial charge in [-0.2, -0.15) is 0 Å². The average Bonchev–Trinajstić information content (AvgIpc) is 2.63. The van der Waals surface area contributed by atoms with Gasteiger partial charge < -0.3 is 20.9 Å². The summed E-state index contributed by atoms with van der Waals surface area (Å²) >= 11 is 0. The van der Waals surface area contributed by atoms with Gasteiger partial charge in [-0.3, -0.25) is 0 Å². The van der Waals surface area contributed by atoms with Crippen LogP contribution in [0.2, 0.25) is 0 Å². The molecule has 4 atom stereocenters. The van der Waals surface area contributed by atoms with Crippen molar-refractivity contribution in [1.29, 1.82) is 0 Å². The molecule has 0 amide bonds. The van der Waals surface area contributed by atoms with Crippen LogP contribution in [0.15, 0.2) is 0 Å². The van der Waals surface area contributed by atoms with Gasteiger partial charge in [-0.05, 0) is 26.7 Å². The summed E-state index contributed by atoms with van der Waals surface area (Å²) in [6.45, 7) is 5.60. The molecule has 2 aliphatic heterocycles. The summed E-state index contributed by atoms with van der Waals surface area (Å²) in [5.41, 5.74) is 11.0. The van der Waals surface area contributed by atoms with Crippen LogP contribution in [0.25, 0.3) is 0 Å². The van der Waals surface area contributed by atoms with Crippen molar-refractivity contribution in [3.05, 3.63) is 0 Å². The number of nitrogens with two attached hydrogens (primary N) is 2. The summed E-state index contributed by atoms with van der Waals surface area (Å²) in [5, 5.41) is 0. The lowest BCUT2D eigenvalue weighted by Crippen LogP contribution is -2.18. The van der Waals surface area contributed by atoms with Crippen LogP contribution in [0, 0.1) is 0 Å². The van der Waals surface area contributed by atoms with E-state index in [4.69, 9.17) is 20.9 Å². The van der Waals surface area contributed by atoms with Gasteiger partial charge in [0.05, 0.1) is 25.4 Å². The van der Waals surface area contributed by atoms with Crippen molar-refractivity contribution in [3.8, 4) is 0 Å². The van der Waals surface area contributed by atoms with Crippen LogP contribution >= 0.6 is 24.8 Å². The zero-order chi connectivity index (χ0) is 10.6. The molecule has 0 aromatic heterocycles. The van der Waals surface area contributed by atoms with Crippen LogP contribution in [0.3, 0.4) is 0 Å². The molecule has 0 aliphatic carbocycles. The summed E-state index contributed by atoms with van der Waals surface area (Å²) in [7, 11) is 0. The number of halogens is 2. The number of ether oxygens (including phenoxy) is 2. The first-order chi connectivity index (χ1) is 6.58. The standard InChI is InChI=1S/2C5H11NO.2ClH/c2*1-4-2-5(6)3-7-4;;/h2*4-5H,2-3,6H2,1H3;2*1H/t2*4-,5+;;/m10../s1. The van der Waals surface area contributed by atoms with Crippen LogP contribution in [0.5, 0.6) is 0 Å². The second kappa shape index (κ2) is 9.45. The van der Waals surface area contributed by atoms with E-state index in [2.05, 4.69) is 0 Å². The predicted molar refractivity (Wildman–Crippen MR) is 70.5 cm³/mol. The number of rotatable bonds is 0. The van der Waals surface area contributed by atoms with Gasteiger partial charge in [-0.25, -0.2) is 0 Å². The summed E-state index contributed by atoms with van der Waals surface area (Å²) < 4.78 is 10.3. The molecule has 0 aromatic rings. The zero-order valence-electron chi connectivity index (χ0n) is 9.93. The lowest BCUT2D eigenvalue weighted by molar-refractivity contribution is 0.123. The Labute approximate surface area is 110 Å². The van der Waals surface area contributed by atoms with Gasteiger partial charge in [-0.1, -0.05) is 0 Å². The second-order valence-electron chi connectivity index (χ2n) is 4.28. The maximum absolute atomic E-state index is 5.50. The van der Waals surface area contributed by atoms with Crippen molar-refractivity contribution >= 4 is 24.8 Å². The molecule has 0 spiro atoms. The minimum absolute atomic E-state index is 0. The molecule has 0 bridgehead atoms.